The Morgan fingerprint density at radius 2 is 1.95 bits per heavy atom. The van der Waals surface area contributed by atoms with E-state index in [4.69, 9.17) is 10.00 Å². The first kappa shape index (κ1) is 13.9. The number of amides is 1. The molecule has 1 aliphatic heterocycles. The average Bonchev–Trinajstić information content (AvgIpc) is 2.59. The third-order valence-corrected chi connectivity index (χ3v) is 3.46. The average molecular weight is 290 g/mol. The van der Waals surface area contributed by atoms with Gasteiger partial charge < -0.3 is 10.1 Å². The number of hydrogen-bond acceptors (Lipinski definition) is 3. The number of nitrogens with one attached hydrogen (secondary N) is 1. The van der Waals surface area contributed by atoms with Gasteiger partial charge in [0.25, 0.3) is 5.91 Å². The number of hydrogen-bond donors (Lipinski definition) is 1. The van der Waals surface area contributed by atoms with Crippen LogP contribution in [-0.4, -0.2) is 12.5 Å². The topological polar surface area (TPSA) is 62.1 Å². The minimum absolute atomic E-state index is 0.140. The maximum Gasteiger partial charge on any atom is 0.250 e. The molecule has 2 aromatic carbocycles. The summed E-state index contributed by atoms with van der Waals surface area (Å²) >= 11 is 0. The second-order valence-corrected chi connectivity index (χ2v) is 4.99. The summed E-state index contributed by atoms with van der Waals surface area (Å²) in [7, 11) is 0. The van der Waals surface area contributed by atoms with E-state index < -0.39 is 0 Å². The molecule has 0 fully saturated rings. The van der Waals surface area contributed by atoms with Gasteiger partial charge in [-0.15, -0.1) is 0 Å². The van der Waals surface area contributed by atoms with Gasteiger partial charge in [0.15, 0.2) is 0 Å². The number of rotatable bonds is 3. The maximum atomic E-state index is 12.2. The molecule has 1 amide bonds. The summed E-state index contributed by atoms with van der Waals surface area (Å²) in [6, 6.07) is 16.8. The molecule has 0 bridgehead atoms. The van der Waals surface area contributed by atoms with Crippen molar-refractivity contribution in [1.29, 1.82) is 5.26 Å². The van der Waals surface area contributed by atoms with Crippen LogP contribution in [0.4, 0.5) is 0 Å². The summed E-state index contributed by atoms with van der Waals surface area (Å²) < 4.78 is 5.57. The lowest BCUT2D eigenvalue weighted by atomic mass is 10.1. The van der Waals surface area contributed by atoms with E-state index in [0.29, 0.717) is 17.7 Å². The molecule has 0 spiro atoms. The van der Waals surface area contributed by atoms with E-state index in [2.05, 4.69) is 11.4 Å². The van der Waals surface area contributed by atoms with Gasteiger partial charge in [0.2, 0.25) is 0 Å². The Morgan fingerprint density at radius 1 is 1.18 bits per heavy atom. The van der Waals surface area contributed by atoms with Crippen molar-refractivity contribution in [2.45, 2.75) is 6.54 Å². The minimum Gasteiger partial charge on any atom is -0.488 e. The van der Waals surface area contributed by atoms with Crippen LogP contribution in [0.1, 0.15) is 16.7 Å². The molecule has 0 saturated carbocycles. The van der Waals surface area contributed by atoms with Crippen LogP contribution in [0.3, 0.4) is 0 Å². The van der Waals surface area contributed by atoms with E-state index >= 15 is 0 Å². The van der Waals surface area contributed by atoms with E-state index in [1.165, 1.54) is 0 Å². The van der Waals surface area contributed by atoms with Gasteiger partial charge in [-0.05, 0) is 29.8 Å². The SMILES string of the molecule is N#Cc1ccc(CNC(=O)C2=Cc3ccccc3OC2)cc1. The minimum atomic E-state index is -0.140. The number of carbonyl (C=O) groups excluding carboxylic acids is 1. The van der Waals surface area contributed by atoms with Gasteiger partial charge in [-0.2, -0.15) is 5.26 Å². The molecule has 1 heterocycles. The fraction of sp³-hybridized carbons (Fsp3) is 0.111. The summed E-state index contributed by atoms with van der Waals surface area (Å²) in [5, 5.41) is 11.6. The highest BCUT2D eigenvalue weighted by atomic mass is 16.5. The van der Waals surface area contributed by atoms with Gasteiger partial charge in [-0.1, -0.05) is 30.3 Å². The molecule has 2 aromatic rings. The number of carbonyl (C=O) groups is 1. The third kappa shape index (κ3) is 2.99. The van der Waals surface area contributed by atoms with Crippen LogP contribution >= 0.6 is 0 Å². The molecule has 4 heteroatoms. The molecule has 3 rings (SSSR count). The first-order valence-corrected chi connectivity index (χ1v) is 6.96. The van der Waals surface area contributed by atoms with Crippen molar-refractivity contribution in [3.05, 3.63) is 70.8 Å². The fourth-order valence-corrected chi connectivity index (χ4v) is 2.24. The molecule has 1 aliphatic rings. The second kappa shape index (κ2) is 6.15. The van der Waals surface area contributed by atoms with Gasteiger partial charge in [0.05, 0.1) is 17.2 Å². The maximum absolute atomic E-state index is 12.2. The molecule has 108 valence electrons. The van der Waals surface area contributed by atoms with Gasteiger partial charge in [-0.25, -0.2) is 0 Å². The zero-order valence-electron chi connectivity index (χ0n) is 11.9. The number of ether oxygens (including phenoxy) is 1. The van der Waals surface area contributed by atoms with E-state index in [9.17, 15) is 4.79 Å². The number of benzene rings is 2. The van der Waals surface area contributed by atoms with Crippen molar-refractivity contribution < 1.29 is 9.53 Å². The van der Waals surface area contributed by atoms with E-state index in [0.717, 1.165) is 16.9 Å². The number of fused-ring (bicyclic) bond motifs is 1. The molecule has 0 aromatic heterocycles. The van der Waals surface area contributed by atoms with Gasteiger partial charge in [0, 0.05) is 12.1 Å². The highest BCUT2D eigenvalue weighted by molar-refractivity contribution is 5.99. The van der Waals surface area contributed by atoms with Crippen LogP contribution in [0.5, 0.6) is 5.75 Å². The van der Waals surface area contributed by atoms with Crippen molar-refractivity contribution in [1.82, 2.24) is 5.32 Å². The van der Waals surface area contributed by atoms with Crippen molar-refractivity contribution >= 4 is 12.0 Å². The second-order valence-electron chi connectivity index (χ2n) is 4.99. The zero-order valence-corrected chi connectivity index (χ0v) is 11.9. The van der Waals surface area contributed by atoms with Gasteiger partial charge in [-0.3, -0.25) is 4.79 Å². The standard InChI is InChI=1S/C18H14N2O2/c19-10-13-5-7-14(8-6-13)11-20-18(21)16-9-15-3-1-2-4-17(15)22-12-16/h1-9H,11-12H2,(H,20,21). The fourth-order valence-electron chi connectivity index (χ4n) is 2.24. The zero-order chi connectivity index (χ0) is 15.4. The summed E-state index contributed by atoms with van der Waals surface area (Å²) in [5.41, 5.74) is 3.07. The first-order valence-electron chi connectivity index (χ1n) is 6.96. The Hall–Kier alpha value is -3.06. The van der Waals surface area contributed by atoms with Crippen LogP contribution in [-0.2, 0) is 11.3 Å². The van der Waals surface area contributed by atoms with Crippen LogP contribution in [0.2, 0.25) is 0 Å². The predicted octanol–water partition coefficient (Wildman–Crippen LogP) is 2.65. The van der Waals surface area contributed by atoms with Crippen LogP contribution in [0, 0.1) is 11.3 Å². The van der Waals surface area contributed by atoms with Crippen molar-refractivity contribution in [3.8, 4) is 11.8 Å². The summed E-state index contributed by atoms with van der Waals surface area (Å²) in [5.74, 6) is 0.657. The van der Waals surface area contributed by atoms with Crippen molar-refractivity contribution in [2.75, 3.05) is 6.61 Å². The Morgan fingerprint density at radius 3 is 2.73 bits per heavy atom. The molecular formula is C18H14N2O2. The molecule has 1 N–H and O–H groups in total. The molecule has 0 radical (unpaired) electrons. The lowest BCUT2D eigenvalue weighted by molar-refractivity contribution is -0.117. The lowest BCUT2D eigenvalue weighted by Crippen LogP contribution is -2.28. The molecule has 0 unspecified atom stereocenters. The Balaban J connectivity index is 1.65. The molecule has 0 aliphatic carbocycles. The Labute approximate surface area is 128 Å². The van der Waals surface area contributed by atoms with E-state index in [1.54, 1.807) is 12.1 Å². The smallest absolute Gasteiger partial charge is 0.250 e. The number of nitriles is 1. The van der Waals surface area contributed by atoms with E-state index in [1.807, 2.05) is 42.5 Å². The van der Waals surface area contributed by atoms with Gasteiger partial charge >= 0.3 is 0 Å². The van der Waals surface area contributed by atoms with Crippen molar-refractivity contribution in [3.63, 3.8) is 0 Å². The lowest BCUT2D eigenvalue weighted by Gasteiger charge is -2.17. The quantitative estimate of drug-likeness (QED) is 0.945. The van der Waals surface area contributed by atoms with Crippen molar-refractivity contribution in [2.24, 2.45) is 0 Å². The number of para-hydroxylation sites is 1. The normalized spacial score (nSPS) is 12.4. The van der Waals surface area contributed by atoms with E-state index in [-0.39, 0.29) is 12.5 Å². The molecule has 22 heavy (non-hydrogen) atoms. The highest BCUT2D eigenvalue weighted by Crippen LogP contribution is 2.25. The summed E-state index contributed by atoms with van der Waals surface area (Å²) in [6.45, 7) is 0.694. The summed E-state index contributed by atoms with van der Waals surface area (Å²) in [6.07, 6.45) is 1.85. The largest absolute Gasteiger partial charge is 0.488 e. The first-order chi connectivity index (χ1) is 10.8. The molecule has 4 nitrogen and oxygen atoms in total. The number of nitrogens with zero attached hydrogens (tertiary/aromatic N) is 1. The Bertz CT molecular complexity index is 770. The van der Waals surface area contributed by atoms with Crippen LogP contribution in [0.25, 0.3) is 6.08 Å². The monoisotopic (exact) mass is 290 g/mol. The summed E-state index contributed by atoms with van der Waals surface area (Å²) in [4.78, 5) is 12.2. The van der Waals surface area contributed by atoms with Crippen LogP contribution in [0.15, 0.2) is 54.1 Å². The third-order valence-electron chi connectivity index (χ3n) is 3.46. The van der Waals surface area contributed by atoms with Gasteiger partial charge in [0.1, 0.15) is 12.4 Å². The highest BCUT2D eigenvalue weighted by Gasteiger charge is 2.16. The predicted molar refractivity (Wildman–Crippen MR) is 82.9 cm³/mol. The molecule has 0 saturated heterocycles. The Kier molecular flexibility index (Phi) is 3.88. The molecular weight excluding hydrogens is 276 g/mol. The van der Waals surface area contributed by atoms with Crippen LogP contribution < -0.4 is 10.1 Å². The molecule has 0 atom stereocenters.